The SMILES string of the molecule is Brc1cccc2nc(I)ccc12. The van der Waals surface area contributed by atoms with Gasteiger partial charge in [0.2, 0.25) is 0 Å². The highest BCUT2D eigenvalue weighted by atomic mass is 127. The predicted molar refractivity (Wildman–Crippen MR) is 62.2 cm³/mol. The minimum Gasteiger partial charge on any atom is -0.242 e. The van der Waals surface area contributed by atoms with Crippen LogP contribution in [0.15, 0.2) is 34.8 Å². The maximum atomic E-state index is 4.39. The molecule has 12 heavy (non-hydrogen) atoms. The molecular formula is C9H5BrIN. The van der Waals surface area contributed by atoms with Gasteiger partial charge in [-0.15, -0.1) is 0 Å². The molecule has 0 spiro atoms. The molecule has 0 aliphatic heterocycles. The van der Waals surface area contributed by atoms with Crippen LogP contribution in [0.3, 0.4) is 0 Å². The first-order valence-electron chi connectivity index (χ1n) is 3.48. The molecule has 0 unspecified atom stereocenters. The molecule has 1 heterocycles. The lowest BCUT2D eigenvalue weighted by Crippen LogP contribution is -1.82. The van der Waals surface area contributed by atoms with Crippen molar-refractivity contribution < 1.29 is 0 Å². The molecule has 0 atom stereocenters. The van der Waals surface area contributed by atoms with Gasteiger partial charge in [0, 0.05) is 9.86 Å². The molecule has 1 aromatic carbocycles. The van der Waals surface area contributed by atoms with E-state index in [-0.39, 0.29) is 0 Å². The highest BCUT2D eigenvalue weighted by Gasteiger charge is 1.98. The fourth-order valence-corrected chi connectivity index (χ4v) is 2.02. The Morgan fingerprint density at radius 3 is 2.83 bits per heavy atom. The van der Waals surface area contributed by atoms with Crippen LogP contribution in [0.5, 0.6) is 0 Å². The normalized spacial score (nSPS) is 10.5. The number of rotatable bonds is 0. The maximum Gasteiger partial charge on any atom is 0.102 e. The Morgan fingerprint density at radius 1 is 1.17 bits per heavy atom. The lowest BCUT2D eigenvalue weighted by molar-refractivity contribution is 1.34. The van der Waals surface area contributed by atoms with Crippen molar-refractivity contribution in [2.45, 2.75) is 0 Å². The molecule has 0 saturated carbocycles. The fourth-order valence-electron chi connectivity index (χ4n) is 1.09. The molecule has 0 saturated heterocycles. The second kappa shape index (κ2) is 3.30. The summed E-state index contributed by atoms with van der Waals surface area (Å²) < 4.78 is 2.13. The van der Waals surface area contributed by atoms with Gasteiger partial charge in [0.25, 0.3) is 0 Å². The Balaban J connectivity index is 2.86. The van der Waals surface area contributed by atoms with Gasteiger partial charge in [-0.1, -0.05) is 22.0 Å². The lowest BCUT2D eigenvalue weighted by atomic mass is 10.2. The van der Waals surface area contributed by atoms with Crippen molar-refractivity contribution in [3.8, 4) is 0 Å². The molecule has 0 bridgehead atoms. The Morgan fingerprint density at radius 2 is 2.00 bits per heavy atom. The van der Waals surface area contributed by atoms with Gasteiger partial charge in [-0.05, 0) is 46.9 Å². The lowest BCUT2D eigenvalue weighted by Gasteiger charge is -1.98. The van der Waals surface area contributed by atoms with Gasteiger partial charge in [0.1, 0.15) is 3.70 Å². The standard InChI is InChI=1S/C9H5BrIN/c10-7-2-1-3-8-6(7)4-5-9(11)12-8/h1-5H. The van der Waals surface area contributed by atoms with Gasteiger partial charge in [-0.2, -0.15) is 0 Å². The van der Waals surface area contributed by atoms with Gasteiger partial charge in [-0.25, -0.2) is 4.98 Å². The van der Waals surface area contributed by atoms with E-state index in [1.54, 1.807) is 0 Å². The molecule has 2 rings (SSSR count). The van der Waals surface area contributed by atoms with E-state index in [2.05, 4.69) is 49.6 Å². The number of nitrogens with zero attached hydrogens (tertiary/aromatic N) is 1. The van der Waals surface area contributed by atoms with Crippen LogP contribution in [-0.4, -0.2) is 4.98 Å². The summed E-state index contributed by atoms with van der Waals surface area (Å²) in [5.74, 6) is 0. The summed E-state index contributed by atoms with van der Waals surface area (Å²) >= 11 is 5.69. The van der Waals surface area contributed by atoms with Crippen molar-refractivity contribution in [2.24, 2.45) is 0 Å². The van der Waals surface area contributed by atoms with E-state index in [1.165, 1.54) is 0 Å². The van der Waals surface area contributed by atoms with E-state index < -0.39 is 0 Å². The average molecular weight is 334 g/mol. The Hall–Kier alpha value is -0.160. The molecule has 0 aliphatic carbocycles. The summed E-state index contributed by atoms with van der Waals surface area (Å²) in [5.41, 5.74) is 1.04. The summed E-state index contributed by atoms with van der Waals surface area (Å²) in [5, 5.41) is 1.16. The van der Waals surface area contributed by atoms with E-state index in [9.17, 15) is 0 Å². The molecule has 1 aromatic heterocycles. The van der Waals surface area contributed by atoms with Crippen molar-refractivity contribution in [1.82, 2.24) is 4.98 Å². The Bertz CT molecular complexity index is 428. The third kappa shape index (κ3) is 1.47. The van der Waals surface area contributed by atoms with Crippen LogP contribution in [0.1, 0.15) is 0 Å². The monoisotopic (exact) mass is 333 g/mol. The van der Waals surface area contributed by atoms with Crippen molar-refractivity contribution in [1.29, 1.82) is 0 Å². The number of benzene rings is 1. The molecule has 0 N–H and O–H groups in total. The van der Waals surface area contributed by atoms with Gasteiger partial charge in [-0.3, -0.25) is 0 Å². The Kier molecular flexibility index (Phi) is 2.32. The summed E-state index contributed by atoms with van der Waals surface area (Å²) in [6.07, 6.45) is 0. The largest absolute Gasteiger partial charge is 0.242 e. The van der Waals surface area contributed by atoms with E-state index in [0.29, 0.717) is 0 Å². The summed E-state index contributed by atoms with van der Waals surface area (Å²) in [6.45, 7) is 0. The number of hydrogen-bond donors (Lipinski definition) is 0. The van der Waals surface area contributed by atoms with Crippen LogP contribution < -0.4 is 0 Å². The van der Waals surface area contributed by atoms with Gasteiger partial charge in [0.15, 0.2) is 0 Å². The molecule has 2 aromatic rings. The van der Waals surface area contributed by atoms with Crippen molar-refractivity contribution in [3.05, 3.63) is 38.5 Å². The van der Waals surface area contributed by atoms with E-state index in [4.69, 9.17) is 0 Å². The highest BCUT2D eigenvalue weighted by molar-refractivity contribution is 14.1. The van der Waals surface area contributed by atoms with E-state index in [1.807, 2.05) is 24.3 Å². The second-order valence-electron chi connectivity index (χ2n) is 2.44. The number of aromatic nitrogens is 1. The van der Waals surface area contributed by atoms with Gasteiger partial charge in [0.05, 0.1) is 5.52 Å². The number of halogens is 2. The van der Waals surface area contributed by atoms with Crippen LogP contribution in [0.2, 0.25) is 0 Å². The zero-order chi connectivity index (χ0) is 8.55. The predicted octanol–water partition coefficient (Wildman–Crippen LogP) is 3.60. The van der Waals surface area contributed by atoms with Crippen LogP contribution in [0.25, 0.3) is 10.9 Å². The molecule has 1 nitrogen and oxygen atoms in total. The van der Waals surface area contributed by atoms with Crippen LogP contribution in [-0.2, 0) is 0 Å². The van der Waals surface area contributed by atoms with E-state index in [0.717, 1.165) is 19.1 Å². The quantitative estimate of drug-likeness (QED) is 0.530. The fraction of sp³-hybridized carbons (Fsp3) is 0. The summed E-state index contributed by atoms with van der Waals surface area (Å²) in [6, 6.07) is 10.1. The van der Waals surface area contributed by atoms with E-state index >= 15 is 0 Å². The first kappa shape index (κ1) is 8.44. The summed E-state index contributed by atoms with van der Waals surface area (Å²) in [7, 11) is 0. The molecular weight excluding hydrogens is 329 g/mol. The van der Waals surface area contributed by atoms with Gasteiger partial charge >= 0.3 is 0 Å². The number of fused-ring (bicyclic) bond motifs is 1. The third-order valence-electron chi connectivity index (χ3n) is 1.64. The van der Waals surface area contributed by atoms with Crippen molar-refractivity contribution >= 4 is 49.4 Å². The smallest absolute Gasteiger partial charge is 0.102 e. The van der Waals surface area contributed by atoms with Gasteiger partial charge < -0.3 is 0 Å². The van der Waals surface area contributed by atoms with Crippen LogP contribution >= 0.6 is 38.5 Å². The van der Waals surface area contributed by atoms with Crippen LogP contribution in [0.4, 0.5) is 0 Å². The van der Waals surface area contributed by atoms with Crippen molar-refractivity contribution in [2.75, 3.05) is 0 Å². The van der Waals surface area contributed by atoms with Crippen molar-refractivity contribution in [3.63, 3.8) is 0 Å². The summed E-state index contributed by atoms with van der Waals surface area (Å²) in [4.78, 5) is 4.39. The second-order valence-corrected chi connectivity index (χ2v) is 4.40. The number of hydrogen-bond acceptors (Lipinski definition) is 1. The first-order valence-corrected chi connectivity index (χ1v) is 5.35. The molecule has 0 amide bonds. The molecule has 0 aliphatic rings. The molecule has 3 heteroatoms. The Labute approximate surface area is 92.5 Å². The third-order valence-corrected chi connectivity index (χ3v) is 2.94. The topological polar surface area (TPSA) is 12.9 Å². The zero-order valence-electron chi connectivity index (χ0n) is 6.09. The minimum absolute atomic E-state index is 1.03. The maximum absolute atomic E-state index is 4.39. The molecule has 0 fully saturated rings. The average Bonchev–Trinajstić information content (AvgIpc) is 2.04. The molecule has 0 radical (unpaired) electrons. The van der Waals surface area contributed by atoms with Crippen LogP contribution in [0, 0.1) is 3.70 Å². The zero-order valence-corrected chi connectivity index (χ0v) is 9.83. The highest BCUT2D eigenvalue weighted by Crippen LogP contribution is 2.22. The first-order chi connectivity index (χ1) is 5.77. The number of pyridine rings is 1. The molecule has 60 valence electrons. The minimum atomic E-state index is 1.03.